The molecule has 1 rings (SSSR count). The minimum atomic E-state index is -0.766. The summed E-state index contributed by atoms with van der Waals surface area (Å²) >= 11 is 0. The minimum absolute atomic E-state index is 0.0530. The second kappa shape index (κ2) is 9.64. The van der Waals surface area contributed by atoms with Crippen molar-refractivity contribution in [2.24, 2.45) is 0 Å². The summed E-state index contributed by atoms with van der Waals surface area (Å²) in [5.41, 5.74) is 0.966. The van der Waals surface area contributed by atoms with Gasteiger partial charge >= 0.3 is 6.16 Å². The highest BCUT2D eigenvalue weighted by molar-refractivity contribution is 5.93. The maximum absolute atomic E-state index is 11.8. The molecule has 1 aromatic rings. The first-order valence-electron chi connectivity index (χ1n) is 6.31. The molecule has 0 atom stereocenters. The molecule has 21 heavy (non-hydrogen) atoms. The molecule has 0 aromatic carbocycles. The summed E-state index contributed by atoms with van der Waals surface area (Å²) in [5, 5.41) is 10.9. The first-order valence-corrected chi connectivity index (χ1v) is 6.31. The number of ether oxygens (including phenoxy) is 2. The summed E-state index contributed by atoms with van der Waals surface area (Å²) in [4.78, 5) is 27.4. The number of amides is 1. The van der Waals surface area contributed by atoms with E-state index in [1.54, 1.807) is 25.3 Å². The molecular formula is C12H19N3O6+2. The van der Waals surface area contributed by atoms with Gasteiger partial charge in [-0.1, -0.05) is 5.64 Å². The van der Waals surface area contributed by atoms with Crippen molar-refractivity contribution < 1.29 is 39.3 Å². The van der Waals surface area contributed by atoms with Crippen LogP contribution in [0, 0.1) is 0 Å². The van der Waals surface area contributed by atoms with Gasteiger partial charge in [0.25, 0.3) is 12.6 Å². The van der Waals surface area contributed by atoms with E-state index in [0.29, 0.717) is 11.2 Å². The van der Waals surface area contributed by atoms with Crippen LogP contribution in [0.15, 0.2) is 24.5 Å². The SMILES string of the molecule is CCOC(=O)OC[n+]1cccc(C(=O)NCCO[NH2+]O)c1. The first kappa shape index (κ1) is 16.8. The fourth-order valence-electron chi connectivity index (χ4n) is 1.40. The second-order valence-corrected chi connectivity index (χ2v) is 3.80. The summed E-state index contributed by atoms with van der Waals surface area (Å²) in [7, 11) is 0. The molecule has 1 heterocycles. The van der Waals surface area contributed by atoms with Crippen LogP contribution in [-0.4, -0.2) is 37.0 Å². The zero-order chi connectivity index (χ0) is 15.5. The summed E-state index contributed by atoms with van der Waals surface area (Å²) in [6.07, 6.45) is 2.42. The molecule has 4 N–H and O–H groups in total. The molecule has 0 spiro atoms. The Balaban J connectivity index is 2.47. The van der Waals surface area contributed by atoms with E-state index in [2.05, 4.69) is 14.9 Å². The predicted octanol–water partition coefficient (Wildman–Crippen LogP) is -1.28. The first-order chi connectivity index (χ1) is 10.2. The van der Waals surface area contributed by atoms with Crippen LogP contribution in [0.25, 0.3) is 0 Å². The monoisotopic (exact) mass is 301 g/mol. The lowest BCUT2D eigenvalue weighted by Gasteiger charge is -2.04. The van der Waals surface area contributed by atoms with Gasteiger partial charge in [0.1, 0.15) is 12.2 Å². The van der Waals surface area contributed by atoms with Crippen LogP contribution < -0.4 is 15.5 Å². The van der Waals surface area contributed by atoms with Gasteiger partial charge in [0.15, 0.2) is 12.4 Å². The third kappa shape index (κ3) is 6.65. The number of hydrogen-bond acceptors (Lipinski definition) is 6. The molecule has 9 heteroatoms. The van der Waals surface area contributed by atoms with Gasteiger partial charge < -0.3 is 14.8 Å². The molecule has 0 unspecified atom stereocenters. The highest BCUT2D eigenvalue weighted by Gasteiger charge is 2.12. The average molecular weight is 301 g/mol. The van der Waals surface area contributed by atoms with Crippen molar-refractivity contribution in [1.82, 2.24) is 5.32 Å². The predicted molar refractivity (Wildman–Crippen MR) is 66.7 cm³/mol. The molecule has 116 valence electrons. The zero-order valence-electron chi connectivity index (χ0n) is 11.7. The lowest BCUT2D eigenvalue weighted by molar-refractivity contribution is -1.06. The Hall–Kier alpha value is -2.23. The molecule has 0 bridgehead atoms. The Bertz CT molecular complexity index is 468. The van der Waals surface area contributed by atoms with Gasteiger partial charge in [-0.3, -0.25) is 4.79 Å². The standard InChI is InChI=1S/C12H18N3O6/c1-2-19-12(17)20-9-15-6-3-4-10(8-15)11(16)13-5-7-21-14-18/h3-4,6,8,18H,2,5,7,9,14H2,1H3/q+1/p+1. The number of quaternary nitrogens is 1. The van der Waals surface area contributed by atoms with Gasteiger partial charge in [-0.05, 0) is 13.0 Å². The fourth-order valence-corrected chi connectivity index (χ4v) is 1.40. The molecular weight excluding hydrogens is 282 g/mol. The minimum Gasteiger partial charge on any atom is -0.434 e. The van der Waals surface area contributed by atoms with Crippen molar-refractivity contribution in [3.8, 4) is 0 Å². The third-order valence-corrected chi connectivity index (χ3v) is 2.29. The van der Waals surface area contributed by atoms with Crippen molar-refractivity contribution >= 4 is 12.1 Å². The molecule has 0 saturated heterocycles. The highest BCUT2D eigenvalue weighted by atomic mass is 16.8. The molecule has 0 aliphatic carbocycles. The molecule has 9 nitrogen and oxygen atoms in total. The van der Waals surface area contributed by atoms with Gasteiger partial charge in [0.05, 0.1) is 6.61 Å². The normalized spacial score (nSPS) is 10.0. The Morgan fingerprint density at radius 3 is 2.95 bits per heavy atom. The van der Waals surface area contributed by atoms with Crippen molar-refractivity contribution in [2.75, 3.05) is 19.8 Å². The zero-order valence-corrected chi connectivity index (χ0v) is 11.7. The number of nitrogens with one attached hydrogen (secondary N) is 1. The van der Waals surface area contributed by atoms with Crippen LogP contribution in [0.2, 0.25) is 0 Å². The number of pyridine rings is 1. The number of carbonyl (C=O) groups is 2. The van der Waals surface area contributed by atoms with Crippen molar-refractivity contribution in [1.29, 1.82) is 0 Å². The van der Waals surface area contributed by atoms with Crippen LogP contribution in [0.5, 0.6) is 0 Å². The molecule has 1 aromatic heterocycles. The number of nitrogens with two attached hydrogens (primary N) is 1. The molecule has 1 amide bonds. The van der Waals surface area contributed by atoms with E-state index in [9.17, 15) is 9.59 Å². The van der Waals surface area contributed by atoms with E-state index < -0.39 is 6.16 Å². The Morgan fingerprint density at radius 2 is 2.24 bits per heavy atom. The second-order valence-electron chi connectivity index (χ2n) is 3.80. The summed E-state index contributed by atoms with van der Waals surface area (Å²) in [6, 6.07) is 3.27. The van der Waals surface area contributed by atoms with Crippen LogP contribution in [0.1, 0.15) is 17.3 Å². The Labute approximate surface area is 121 Å². The summed E-state index contributed by atoms with van der Waals surface area (Å²) < 4.78 is 11.0. The Morgan fingerprint density at radius 1 is 1.43 bits per heavy atom. The van der Waals surface area contributed by atoms with Gasteiger partial charge in [0, 0.05) is 12.6 Å². The van der Waals surface area contributed by atoms with Gasteiger partial charge in [0.2, 0.25) is 0 Å². The van der Waals surface area contributed by atoms with E-state index in [1.165, 1.54) is 10.8 Å². The average Bonchev–Trinajstić information content (AvgIpc) is 2.50. The summed E-state index contributed by atoms with van der Waals surface area (Å²) in [6.45, 7) is 2.28. The topological polar surface area (TPSA) is 115 Å². The lowest BCUT2D eigenvalue weighted by atomic mass is 10.2. The Kier molecular flexibility index (Phi) is 7.72. The van der Waals surface area contributed by atoms with Gasteiger partial charge in [-0.15, -0.1) is 0 Å². The van der Waals surface area contributed by atoms with Gasteiger partial charge in [-0.2, -0.15) is 14.6 Å². The number of rotatable bonds is 8. The van der Waals surface area contributed by atoms with Crippen molar-refractivity contribution in [3.63, 3.8) is 0 Å². The van der Waals surface area contributed by atoms with Crippen LogP contribution in [0.4, 0.5) is 4.79 Å². The van der Waals surface area contributed by atoms with E-state index in [1.807, 2.05) is 0 Å². The van der Waals surface area contributed by atoms with E-state index in [0.717, 1.165) is 0 Å². The van der Waals surface area contributed by atoms with Crippen LogP contribution in [-0.2, 0) is 21.0 Å². The molecule has 0 fully saturated rings. The highest BCUT2D eigenvalue weighted by Crippen LogP contribution is 1.94. The number of carbonyl (C=O) groups excluding carboxylic acids is 2. The third-order valence-electron chi connectivity index (χ3n) is 2.29. The lowest BCUT2D eigenvalue weighted by Crippen LogP contribution is -2.79. The smallest absolute Gasteiger partial charge is 0.434 e. The maximum Gasteiger partial charge on any atom is 0.513 e. The maximum atomic E-state index is 11.8. The molecule has 0 radical (unpaired) electrons. The molecule has 0 aliphatic rings. The number of hydrogen-bond donors (Lipinski definition) is 3. The largest absolute Gasteiger partial charge is 0.513 e. The fraction of sp³-hybridized carbons (Fsp3) is 0.417. The van der Waals surface area contributed by atoms with Crippen molar-refractivity contribution in [2.45, 2.75) is 13.7 Å². The number of nitrogens with zero attached hydrogens (tertiary/aromatic N) is 1. The quantitative estimate of drug-likeness (QED) is 0.238. The van der Waals surface area contributed by atoms with Crippen LogP contribution >= 0.6 is 0 Å². The van der Waals surface area contributed by atoms with E-state index in [4.69, 9.17) is 9.94 Å². The van der Waals surface area contributed by atoms with Crippen molar-refractivity contribution in [3.05, 3.63) is 30.1 Å². The van der Waals surface area contributed by atoms with Crippen LogP contribution in [0.3, 0.4) is 0 Å². The number of aromatic nitrogens is 1. The van der Waals surface area contributed by atoms with E-state index >= 15 is 0 Å². The summed E-state index contributed by atoms with van der Waals surface area (Å²) in [5.74, 6) is -0.304. The van der Waals surface area contributed by atoms with E-state index in [-0.39, 0.29) is 32.4 Å². The van der Waals surface area contributed by atoms with Gasteiger partial charge in [-0.25, -0.2) is 4.79 Å². The molecule has 0 aliphatic heterocycles. The molecule has 0 saturated carbocycles.